The first-order chi connectivity index (χ1) is 8.25. The van der Waals surface area contributed by atoms with Crippen molar-refractivity contribution in [3.63, 3.8) is 0 Å². The third kappa shape index (κ3) is 4.14. The van der Waals surface area contributed by atoms with Crippen LogP contribution < -0.4 is 10.1 Å². The summed E-state index contributed by atoms with van der Waals surface area (Å²) in [6.07, 6.45) is 5.61. The molecule has 1 aliphatic carbocycles. The molecule has 1 aliphatic rings. The van der Waals surface area contributed by atoms with Crippen LogP contribution in [0.3, 0.4) is 0 Å². The van der Waals surface area contributed by atoms with E-state index in [0.717, 1.165) is 24.9 Å². The molecule has 1 saturated carbocycles. The van der Waals surface area contributed by atoms with Gasteiger partial charge in [0.2, 0.25) is 0 Å². The first kappa shape index (κ1) is 13.1. The van der Waals surface area contributed by atoms with E-state index in [9.17, 15) is 0 Å². The zero-order valence-electron chi connectivity index (χ0n) is 10.4. The maximum Gasteiger partial charge on any atom is 0.137 e. The lowest BCUT2D eigenvalue weighted by molar-refractivity contribution is -0.688. The van der Waals surface area contributed by atoms with Gasteiger partial charge in [-0.3, -0.25) is 0 Å². The summed E-state index contributed by atoms with van der Waals surface area (Å²) in [5.41, 5.74) is 1.29. The van der Waals surface area contributed by atoms with Gasteiger partial charge in [0.05, 0.1) is 9.61 Å². The summed E-state index contributed by atoms with van der Waals surface area (Å²) in [6, 6.07) is 7.21. The summed E-state index contributed by atoms with van der Waals surface area (Å²) < 4.78 is 7.02. The highest BCUT2D eigenvalue weighted by Crippen LogP contribution is 2.21. The molecular weight excluding hydrogens is 325 g/mol. The van der Waals surface area contributed by atoms with Crippen LogP contribution in [0.1, 0.15) is 31.2 Å². The Bertz CT molecular complexity index is 361. The van der Waals surface area contributed by atoms with Crippen molar-refractivity contribution in [2.45, 2.75) is 38.6 Å². The Morgan fingerprint density at radius 2 is 2.12 bits per heavy atom. The zero-order chi connectivity index (χ0) is 12.1. The second-order valence-corrected chi connectivity index (χ2v) is 6.01. The number of halogens is 1. The number of aryl methyl sites for hydroxylation is 1. The van der Waals surface area contributed by atoms with Crippen LogP contribution in [0.15, 0.2) is 18.2 Å². The van der Waals surface area contributed by atoms with E-state index in [1.165, 1.54) is 34.8 Å². The van der Waals surface area contributed by atoms with E-state index < -0.39 is 0 Å². The van der Waals surface area contributed by atoms with Gasteiger partial charge in [0.1, 0.15) is 18.9 Å². The maximum atomic E-state index is 5.81. The Balaban J connectivity index is 1.70. The van der Waals surface area contributed by atoms with E-state index in [4.69, 9.17) is 4.74 Å². The lowest BCUT2D eigenvalue weighted by atomic mass is 10.2. The molecule has 0 amide bonds. The molecule has 2 nitrogen and oxygen atoms in total. The van der Waals surface area contributed by atoms with Crippen LogP contribution in [0.4, 0.5) is 0 Å². The van der Waals surface area contributed by atoms with Gasteiger partial charge in [0.15, 0.2) is 0 Å². The topological polar surface area (TPSA) is 25.8 Å². The maximum absolute atomic E-state index is 5.81. The lowest BCUT2D eigenvalue weighted by Crippen LogP contribution is -2.90. The summed E-state index contributed by atoms with van der Waals surface area (Å²) >= 11 is 2.34. The minimum absolute atomic E-state index is 0.815. The SMILES string of the molecule is Cc1ccc(OCC[NH2+]C2CCCC2)c(I)c1. The number of benzene rings is 1. The first-order valence-electron chi connectivity index (χ1n) is 6.48. The van der Waals surface area contributed by atoms with Crippen molar-refractivity contribution in [1.29, 1.82) is 0 Å². The van der Waals surface area contributed by atoms with Gasteiger partial charge in [-0.2, -0.15) is 0 Å². The van der Waals surface area contributed by atoms with E-state index in [1.54, 1.807) is 0 Å². The van der Waals surface area contributed by atoms with Crippen molar-refractivity contribution in [3.05, 3.63) is 27.3 Å². The van der Waals surface area contributed by atoms with Crippen molar-refractivity contribution in [1.82, 2.24) is 0 Å². The molecule has 3 heteroatoms. The van der Waals surface area contributed by atoms with Crippen molar-refractivity contribution in [2.24, 2.45) is 0 Å². The minimum Gasteiger partial charge on any atom is -0.487 e. The van der Waals surface area contributed by atoms with Gasteiger partial charge in [-0.1, -0.05) is 6.07 Å². The smallest absolute Gasteiger partial charge is 0.137 e. The molecule has 0 saturated heterocycles. The van der Waals surface area contributed by atoms with Gasteiger partial charge in [0.25, 0.3) is 0 Å². The molecule has 0 aliphatic heterocycles. The number of quaternary nitrogens is 1. The van der Waals surface area contributed by atoms with Crippen LogP contribution in [-0.2, 0) is 0 Å². The molecule has 1 aromatic rings. The molecule has 0 radical (unpaired) electrons. The number of hydrogen-bond acceptors (Lipinski definition) is 1. The Kier molecular flexibility index (Phi) is 5.10. The summed E-state index contributed by atoms with van der Waals surface area (Å²) in [5.74, 6) is 1.02. The summed E-state index contributed by atoms with van der Waals surface area (Å²) in [5, 5.41) is 2.45. The van der Waals surface area contributed by atoms with Crippen molar-refractivity contribution >= 4 is 22.6 Å². The monoisotopic (exact) mass is 346 g/mol. The van der Waals surface area contributed by atoms with E-state index >= 15 is 0 Å². The van der Waals surface area contributed by atoms with Crippen LogP contribution in [0, 0.1) is 10.5 Å². The fraction of sp³-hybridized carbons (Fsp3) is 0.571. The molecule has 0 aromatic heterocycles. The van der Waals surface area contributed by atoms with Gasteiger partial charge in [-0.15, -0.1) is 0 Å². The molecule has 1 aromatic carbocycles. The Hall–Kier alpha value is -0.290. The van der Waals surface area contributed by atoms with Gasteiger partial charge >= 0.3 is 0 Å². The first-order valence-corrected chi connectivity index (χ1v) is 7.56. The molecule has 1 fully saturated rings. The average Bonchev–Trinajstić information content (AvgIpc) is 2.79. The molecule has 2 N–H and O–H groups in total. The Morgan fingerprint density at radius 3 is 2.82 bits per heavy atom. The van der Waals surface area contributed by atoms with Crippen LogP contribution in [0.25, 0.3) is 0 Å². The highest BCUT2D eigenvalue weighted by Gasteiger charge is 2.16. The molecule has 94 valence electrons. The van der Waals surface area contributed by atoms with Crippen molar-refractivity contribution < 1.29 is 10.1 Å². The molecular formula is C14H21INO+. The average molecular weight is 346 g/mol. The molecule has 0 bridgehead atoms. The third-order valence-corrected chi connectivity index (χ3v) is 4.21. The van der Waals surface area contributed by atoms with Gasteiger partial charge < -0.3 is 10.1 Å². The lowest BCUT2D eigenvalue weighted by Gasteiger charge is -2.11. The number of hydrogen-bond donors (Lipinski definition) is 1. The van der Waals surface area contributed by atoms with Crippen LogP contribution in [0.2, 0.25) is 0 Å². The number of nitrogens with two attached hydrogens (primary N) is 1. The van der Waals surface area contributed by atoms with Gasteiger partial charge in [-0.25, -0.2) is 0 Å². The standard InChI is InChI=1S/C14H20INO/c1-11-6-7-14(13(15)10-11)17-9-8-16-12-4-2-3-5-12/h6-7,10,12,16H,2-5,8-9H2,1H3/p+1. The summed E-state index contributed by atoms with van der Waals surface area (Å²) in [7, 11) is 0. The minimum atomic E-state index is 0.815. The highest BCUT2D eigenvalue weighted by atomic mass is 127. The van der Waals surface area contributed by atoms with E-state index in [2.05, 4.69) is 53.0 Å². The fourth-order valence-corrected chi connectivity index (χ4v) is 3.22. The van der Waals surface area contributed by atoms with Gasteiger partial charge in [0, 0.05) is 0 Å². The fourth-order valence-electron chi connectivity index (χ4n) is 2.39. The molecule has 17 heavy (non-hydrogen) atoms. The molecule has 0 atom stereocenters. The molecule has 0 spiro atoms. The molecule has 0 unspecified atom stereocenters. The van der Waals surface area contributed by atoms with Crippen LogP contribution in [0.5, 0.6) is 5.75 Å². The van der Waals surface area contributed by atoms with Crippen LogP contribution >= 0.6 is 22.6 Å². The molecule has 2 rings (SSSR count). The largest absolute Gasteiger partial charge is 0.487 e. The van der Waals surface area contributed by atoms with Crippen molar-refractivity contribution in [3.8, 4) is 5.75 Å². The van der Waals surface area contributed by atoms with Crippen molar-refractivity contribution in [2.75, 3.05) is 13.2 Å². The second kappa shape index (κ2) is 6.59. The summed E-state index contributed by atoms with van der Waals surface area (Å²) in [6.45, 7) is 4.00. The quantitative estimate of drug-likeness (QED) is 0.643. The van der Waals surface area contributed by atoms with E-state index in [0.29, 0.717) is 0 Å². The van der Waals surface area contributed by atoms with Gasteiger partial charge in [-0.05, 0) is 72.9 Å². The third-order valence-electron chi connectivity index (χ3n) is 3.36. The second-order valence-electron chi connectivity index (χ2n) is 4.85. The number of rotatable bonds is 5. The summed E-state index contributed by atoms with van der Waals surface area (Å²) in [4.78, 5) is 0. The Morgan fingerprint density at radius 1 is 1.35 bits per heavy atom. The number of ether oxygens (including phenoxy) is 1. The normalized spacial score (nSPS) is 16.4. The zero-order valence-corrected chi connectivity index (χ0v) is 12.6. The Labute approximate surface area is 117 Å². The molecule has 0 heterocycles. The highest BCUT2D eigenvalue weighted by molar-refractivity contribution is 14.1. The van der Waals surface area contributed by atoms with E-state index in [-0.39, 0.29) is 0 Å². The predicted octanol–water partition coefficient (Wildman–Crippen LogP) is 2.48. The van der Waals surface area contributed by atoms with Crippen LogP contribution in [-0.4, -0.2) is 19.2 Å². The van der Waals surface area contributed by atoms with E-state index in [1.807, 2.05) is 0 Å². The predicted molar refractivity (Wildman–Crippen MR) is 78.4 cm³/mol.